The van der Waals surface area contributed by atoms with Gasteiger partial charge in [-0.25, -0.2) is 13.6 Å². The van der Waals surface area contributed by atoms with Gasteiger partial charge in [-0.05, 0) is 48.4 Å². The number of ether oxygens (including phenoxy) is 2. The van der Waals surface area contributed by atoms with Crippen LogP contribution in [0.5, 0.6) is 11.5 Å². The number of benzene rings is 2. The molecule has 2 aromatic carbocycles. The molecule has 0 atom stereocenters. The van der Waals surface area contributed by atoms with Gasteiger partial charge in [0.05, 0.1) is 4.90 Å². The van der Waals surface area contributed by atoms with Crippen molar-refractivity contribution in [3.8, 4) is 11.5 Å². The molecule has 0 bridgehead atoms. The molecule has 128 valence electrons. The zero-order valence-corrected chi connectivity index (χ0v) is 14.0. The largest absolute Gasteiger partial charge is 0.486 e. The van der Waals surface area contributed by atoms with Crippen molar-refractivity contribution in [1.82, 2.24) is 5.32 Å². The maximum Gasteiger partial charge on any atom is 0.238 e. The van der Waals surface area contributed by atoms with Gasteiger partial charge in [0.2, 0.25) is 10.0 Å². The lowest BCUT2D eigenvalue weighted by Crippen LogP contribution is -2.18. The van der Waals surface area contributed by atoms with E-state index in [1.807, 2.05) is 18.2 Å². The van der Waals surface area contributed by atoms with Crippen molar-refractivity contribution in [2.45, 2.75) is 17.9 Å². The van der Waals surface area contributed by atoms with Gasteiger partial charge in [-0.2, -0.15) is 0 Å². The van der Waals surface area contributed by atoms with Crippen molar-refractivity contribution >= 4 is 10.0 Å². The van der Waals surface area contributed by atoms with Crippen LogP contribution in [0.4, 0.5) is 0 Å². The predicted octanol–water partition coefficient (Wildman–Crippen LogP) is 1.44. The van der Waals surface area contributed by atoms with E-state index in [4.69, 9.17) is 14.6 Å². The normalized spacial score (nSPS) is 13.7. The van der Waals surface area contributed by atoms with Crippen LogP contribution in [0, 0.1) is 0 Å². The summed E-state index contributed by atoms with van der Waals surface area (Å²) in [6.07, 6.45) is 0.801. The van der Waals surface area contributed by atoms with Crippen LogP contribution in [0.15, 0.2) is 47.4 Å². The highest BCUT2D eigenvalue weighted by molar-refractivity contribution is 7.89. The number of fused-ring (bicyclic) bond motifs is 1. The molecule has 7 heteroatoms. The molecule has 3 N–H and O–H groups in total. The Hall–Kier alpha value is -2.09. The molecule has 0 spiro atoms. The van der Waals surface area contributed by atoms with Crippen LogP contribution < -0.4 is 19.9 Å². The predicted molar refractivity (Wildman–Crippen MR) is 90.7 cm³/mol. The first-order valence-electron chi connectivity index (χ1n) is 7.73. The van der Waals surface area contributed by atoms with E-state index in [0.717, 1.165) is 42.1 Å². The first-order chi connectivity index (χ1) is 11.5. The van der Waals surface area contributed by atoms with Crippen LogP contribution in [0.3, 0.4) is 0 Å². The Morgan fingerprint density at radius 1 is 0.958 bits per heavy atom. The highest BCUT2D eigenvalue weighted by Gasteiger charge is 2.11. The van der Waals surface area contributed by atoms with Gasteiger partial charge in [0.1, 0.15) is 13.2 Å². The van der Waals surface area contributed by atoms with Crippen molar-refractivity contribution in [2.75, 3.05) is 19.8 Å². The lowest BCUT2D eigenvalue weighted by molar-refractivity contribution is 0.171. The fourth-order valence-electron chi connectivity index (χ4n) is 2.51. The van der Waals surface area contributed by atoms with Gasteiger partial charge in [-0.3, -0.25) is 0 Å². The molecule has 0 unspecified atom stereocenters. The lowest BCUT2D eigenvalue weighted by atomic mass is 10.1. The lowest BCUT2D eigenvalue weighted by Gasteiger charge is -2.19. The third kappa shape index (κ3) is 4.25. The van der Waals surface area contributed by atoms with E-state index in [1.165, 1.54) is 12.1 Å². The average Bonchev–Trinajstić information content (AvgIpc) is 2.58. The Bertz CT molecular complexity index is 804. The summed E-state index contributed by atoms with van der Waals surface area (Å²) < 4.78 is 33.5. The second-order valence-electron chi connectivity index (χ2n) is 5.59. The van der Waals surface area contributed by atoms with Crippen LogP contribution in [-0.2, 0) is 23.0 Å². The molecular formula is C17H20N2O4S. The highest BCUT2D eigenvalue weighted by Crippen LogP contribution is 2.30. The fraction of sp³-hybridized carbons (Fsp3) is 0.294. The van der Waals surface area contributed by atoms with E-state index in [1.54, 1.807) is 12.1 Å². The van der Waals surface area contributed by atoms with Crippen LogP contribution >= 0.6 is 0 Å². The Morgan fingerprint density at radius 2 is 1.62 bits per heavy atom. The molecule has 1 heterocycles. The Kier molecular flexibility index (Phi) is 5.03. The Balaban J connectivity index is 1.48. The minimum atomic E-state index is -3.63. The first kappa shape index (κ1) is 16.8. The second-order valence-corrected chi connectivity index (χ2v) is 7.16. The monoisotopic (exact) mass is 348 g/mol. The minimum absolute atomic E-state index is 0.135. The summed E-state index contributed by atoms with van der Waals surface area (Å²) in [4.78, 5) is 0.135. The molecule has 2 aromatic rings. The Morgan fingerprint density at radius 3 is 2.33 bits per heavy atom. The van der Waals surface area contributed by atoms with Gasteiger partial charge in [0.15, 0.2) is 11.5 Å². The van der Waals surface area contributed by atoms with Crippen LogP contribution in [-0.4, -0.2) is 28.2 Å². The van der Waals surface area contributed by atoms with Crippen molar-refractivity contribution < 1.29 is 17.9 Å². The summed E-state index contributed by atoms with van der Waals surface area (Å²) in [5.41, 5.74) is 2.18. The van der Waals surface area contributed by atoms with Crippen LogP contribution in [0.2, 0.25) is 0 Å². The third-order valence-electron chi connectivity index (χ3n) is 3.78. The quantitative estimate of drug-likeness (QED) is 0.771. The molecule has 0 aromatic heterocycles. The van der Waals surface area contributed by atoms with Crippen LogP contribution in [0.25, 0.3) is 0 Å². The topological polar surface area (TPSA) is 90.7 Å². The van der Waals surface area contributed by atoms with Gasteiger partial charge in [0.25, 0.3) is 0 Å². The van der Waals surface area contributed by atoms with Crippen molar-refractivity contribution in [1.29, 1.82) is 0 Å². The number of rotatable bonds is 6. The number of sulfonamides is 1. The maximum absolute atomic E-state index is 11.2. The zero-order chi connectivity index (χ0) is 17.0. The highest BCUT2D eigenvalue weighted by atomic mass is 32.2. The van der Waals surface area contributed by atoms with E-state index in [9.17, 15) is 8.42 Å². The average molecular weight is 348 g/mol. The Labute approximate surface area is 141 Å². The summed E-state index contributed by atoms with van der Waals surface area (Å²) in [7, 11) is -3.63. The van der Waals surface area contributed by atoms with E-state index >= 15 is 0 Å². The fourth-order valence-corrected chi connectivity index (χ4v) is 3.02. The molecule has 24 heavy (non-hydrogen) atoms. The van der Waals surface area contributed by atoms with E-state index in [2.05, 4.69) is 5.32 Å². The summed E-state index contributed by atoms with van der Waals surface area (Å²) >= 11 is 0. The van der Waals surface area contributed by atoms with Crippen molar-refractivity contribution in [2.24, 2.45) is 5.14 Å². The summed E-state index contributed by atoms with van der Waals surface area (Å²) in [6.45, 7) is 2.68. The molecule has 0 fully saturated rings. The zero-order valence-electron chi connectivity index (χ0n) is 13.2. The van der Waals surface area contributed by atoms with Crippen molar-refractivity contribution in [3.63, 3.8) is 0 Å². The third-order valence-corrected chi connectivity index (χ3v) is 4.71. The molecule has 0 saturated carbocycles. The first-order valence-corrected chi connectivity index (χ1v) is 9.28. The summed E-state index contributed by atoms with van der Waals surface area (Å²) in [5.74, 6) is 1.58. The van der Waals surface area contributed by atoms with Gasteiger partial charge in [-0.1, -0.05) is 18.2 Å². The summed E-state index contributed by atoms with van der Waals surface area (Å²) in [5, 5.41) is 8.44. The molecule has 6 nitrogen and oxygen atoms in total. The second kappa shape index (κ2) is 7.21. The number of nitrogens with one attached hydrogen (secondary N) is 1. The number of hydrogen-bond acceptors (Lipinski definition) is 5. The smallest absolute Gasteiger partial charge is 0.238 e. The molecule has 1 aliphatic heterocycles. The standard InChI is InChI=1S/C17H20N2O4S/c18-24(20,21)15-4-1-13(2-5-15)7-8-19-12-14-3-6-16-17(11-14)23-10-9-22-16/h1-6,11,19H,7-10,12H2,(H2,18,20,21). The molecule has 3 rings (SSSR count). The van der Waals surface area contributed by atoms with E-state index in [0.29, 0.717) is 13.2 Å². The number of primary sulfonamides is 1. The summed E-state index contributed by atoms with van der Waals surface area (Å²) in [6, 6.07) is 12.6. The van der Waals surface area contributed by atoms with E-state index in [-0.39, 0.29) is 4.90 Å². The number of nitrogens with two attached hydrogens (primary N) is 1. The van der Waals surface area contributed by atoms with Gasteiger partial charge >= 0.3 is 0 Å². The molecule has 0 aliphatic carbocycles. The van der Waals surface area contributed by atoms with Gasteiger partial charge in [-0.15, -0.1) is 0 Å². The molecular weight excluding hydrogens is 328 g/mol. The maximum atomic E-state index is 11.2. The van der Waals surface area contributed by atoms with Crippen LogP contribution in [0.1, 0.15) is 11.1 Å². The molecule has 0 saturated heterocycles. The molecule has 0 amide bonds. The van der Waals surface area contributed by atoms with E-state index < -0.39 is 10.0 Å². The molecule has 1 aliphatic rings. The molecule has 0 radical (unpaired) electrons. The van der Waals surface area contributed by atoms with Crippen molar-refractivity contribution in [3.05, 3.63) is 53.6 Å². The SMILES string of the molecule is NS(=O)(=O)c1ccc(CCNCc2ccc3c(c2)OCCO3)cc1. The van der Waals surface area contributed by atoms with Gasteiger partial charge < -0.3 is 14.8 Å². The van der Waals surface area contributed by atoms with Gasteiger partial charge in [0, 0.05) is 6.54 Å². The number of hydrogen-bond donors (Lipinski definition) is 2. The minimum Gasteiger partial charge on any atom is -0.486 e.